The van der Waals surface area contributed by atoms with Gasteiger partial charge in [0.05, 0.1) is 5.84 Å². The first-order chi connectivity index (χ1) is 7.34. The summed E-state index contributed by atoms with van der Waals surface area (Å²) in [5.41, 5.74) is 5.29. The standard InChI is InChI=1S/C10H19N5S/c1-7-13-14-9(15(7)4)16-6-5-10(2,3)8(11)12/h5-6H2,1-4H3,(H3,11,12). The lowest BCUT2D eigenvalue weighted by atomic mass is 9.89. The van der Waals surface area contributed by atoms with Crippen LogP contribution in [-0.2, 0) is 7.05 Å². The third-order valence-electron chi connectivity index (χ3n) is 2.74. The first kappa shape index (κ1) is 13.0. The van der Waals surface area contributed by atoms with Crippen molar-refractivity contribution in [2.45, 2.75) is 32.3 Å². The average Bonchev–Trinajstić information content (AvgIpc) is 2.49. The summed E-state index contributed by atoms with van der Waals surface area (Å²) in [6.45, 7) is 5.90. The van der Waals surface area contributed by atoms with Crippen molar-refractivity contribution in [3.05, 3.63) is 5.82 Å². The Kier molecular flexibility index (Phi) is 3.96. The van der Waals surface area contributed by atoms with Crippen LogP contribution >= 0.6 is 11.8 Å². The van der Waals surface area contributed by atoms with Crippen LogP contribution in [0.15, 0.2) is 5.16 Å². The van der Waals surface area contributed by atoms with Crippen LogP contribution in [0.5, 0.6) is 0 Å². The highest BCUT2D eigenvalue weighted by Crippen LogP contribution is 2.25. The summed E-state index contributed by atoms with van der Waals surface area (Å²) >= 11 is 1.65. The molecule has 90 valence electrons. The van der Waals surface area contributed by atoms with Gasteiger partial charge in [-0.05, 0) is 13.3 Å². The van der Waals surface area contributed by atoms with Gasteiger partial charge in [-0.25, -0.2) is 0 Å². The van der Waals surface area contributed by atoms with E-state index in [0.29, 0.717) is 0 Å². The predicted octanol–water partition coefficient (Wildman–Crippen LogP) is 1.57. The number of aryl methyl sites for hydroxylation is 1. The van der Waals surface area contributed by atoms with Crippen molar-refractivity contribution in [3.63, 3.8) is 0 Å². The number of hydrogen-bond acceptors (Lipinski definition) is 4. The number of amidine groups is 1. The minimum Gasteiger partial charge on any atom is -0.387 e. The Morgan fingerprint density at radius 2 is 2.12 bits per heavy atom. The van der Waals surface area contributed by atoms with E-state index < -0.39 is 0 Å². The summed E-state index contributed by atoms with van der Waals surface area (Å²) in [4.78, 5) is 0. The van der Waals surface area contributed by atoms with Crippen molar-refractivity contribution in [1.29, 1.82) is 5.41 Å². The first-order valence-corrected chi connectivity index (χ1v) is 6.16. The number of nitrogens with two attached hydrogens (primary N) is 1. The van der Waals surface area contributed by atoms with Crippen molar-refractivity contribution >= 4 is 17.6 Å². The van der Waals surface area contributed by atoms with Crippen molar-refractivity contribution < 1.29 is 0 Å². The lowest BCUT2D eigenvalue weighted by molar-refractivity contribution is 0.499. The highest BCUT2D eigenvalue weighted by molar-refractivity contribution is 7.99. The van der Waals surface area contributed by atoms with Crippen molar-refractivity contribution in [1.82, 2.24) is 14.8 Å². The summed E-state index contributed by atoms with van der Waals surface area (Å²) in [7, 11) is 1.95. The molecular formula is C10H19N5S. The fourth-order valence-electron chi connectivity index (χ4n) is 1.05. The quantitative estimate of drug-likeness (QED) is 0.466. The molecule has 0 saturated carbocycles. The molecule has 0 fully saturated rings. The Morgan fingerprint density at radius 1 is 1.50 bits per heavy atom. The zero-order valence-electron chi connectivity index (χ0n) is 10.2. The molecule has 0 atom stereocenters. The van der Waals surface area contributed by atoms with Gasteiger partial charge in [0.25, 0.3) is 0 Å². The summed E-state index contributed by atoms with van der Waals surface area (Å²) in [6, 6.07) is 0. The molecule has 16 heavy (non-hydrogen) atoms. The molecular weight excluding hydrogens is 222 g/mol. The van der Waals surface area contributed by atoms with Crippen LogP contribution < -0.4 is 5.73 Å². The Morgan fingerprint density at radius 3 is 2.56 bits per heavy atom. The van der Waals surface area contributed by atoms with Crippen LogP contribution in [-0.4, -0.2) is 26.4 Å². The summed E-state index contributed by atoms with van der Waals surface area (Å²) in [5, 5.41) is 16.4. The zero-order valence-corrected chi connectivity index (χ0v) is 11.1. The lowest BCUT2D eigenvalue weighted by Gasteiger charge is -2.22. The van der Waals surface area contributed by atoms with Crippen molar-refractivity contribution in [3.8, 4) is 0 Å². The van der Waals surface area contributed by atoms with E-state index in [1.165, 1.54) is 0 Å². The molecule has 0 bridgehead atoms. The van der Waals surface area contributed by atoms with E-state index in [2.05, 4.69) is 10.2 Å². The van der Waals surface area contributed by atoms with E-state index in [1.54, 1.807) is 11.8 Å². The van der Waals surface area contributed by atoms with E-state index in [0.717, 1.165) is 23.2 Å². The Hall–Kier alpha value is -1.04. The van der Waals surface area contributed by atoms with Gasteiger partial charge < -0.3 is 10.3 Å². The van der Waals surface area contributed by atoms with Gasteiger partial charge >= 0.3 is 0 Å². The molecule has 0 aromatic carbocycles. The van der Waals surface area contributed by atoms with Crippen LogP contribution in [0.1, 0.15) is 26.1 Å². The molecule has 1 aromatic rings. The lowest BCUT2D eigenvalue weighted by Crippen LogP contribution is -2.31. The van der Waals surface area contributed by atoms with Gasteiger partial charge in [0.15, 0.2) is 5.16 Å². The Balaban J connectivity index is 2.48. The summed E-state index contributed by atoms with van der Waals surface area (Å²) in [6.07, 6.45) is 0.860. The number of thioether (sulfide) groups is 1. The Bertz CT molecular complexity index is 383. The molecule has 1 heterocycles. The van der Waals surface area contributed by atoms with Gasteiger partial charge in [-0.1, -0.05) is 25.6 Å². The molecule has 0 radical (unpaired) electrons. The normalized spacial score (nSPS) is 11.8. The zero-order chi connectivity index (χ0) is 12.3. The van der Waals surface area contributed by atoms with Crippen LogP contribution in [0, 0.1) is 17.7 Å². The van der Waals surface area contributed by atoms with E-state index in [9.17, 15) is 0 Å². The summed E-state index contributed by atoms with van der Waals surface area (Å²) in [5.74, 6) is 2.04. The molecule has 1 aromatic heterocycles. The number of rotatable bonds is 5. The molecule has 0 amide bonds. The minimum atomic E-state index is -0.235. The molecule has 0 aliphatic heterocycles. The van der Waals surface area contributed by atoms with E-state index >= 15 is 0 Å². The largest absolute Gasteiger partial charge is 0.387 e. The maximum atomic E-state index is 7.46. The highest BCUT2D eigenvalue weighted by Gasteiger charge is 2.21. The van der Waals surface area contributed by atoms with E-state index in [-0.39, 0.29) is 11.3 Å². The molecule has 5 nitrogen and oxygen atoms in total. The highest BCUT2D eigenvalue weighted by atomic mass is 32.2. The Labute approximate surface area is 100 Å². The van der Waals surface area contributed by atoms with E-state index in [1.807, 2.05) is 32.4 Å². The third kappa shape index (κ3) is 2.98. The number of aromatic nitrogens is 3. The third-order valence-corrected chi connectivity index (χ3v) is 3.76. The second-order valence-corrected chi connectivity index (χ2v) is 5.55. The van der Waals surface area contributed by atoms with Crippen LogP contribution in [0.3, 0.4) is 0 Å². The van der Waals surface area contributed by atoms with Crippen molar-refractivity contribution in [2.24, 2.45) is 18.2 Å². The monoisotopic (exact) mass is 241 g/mol. The van der Waals surface area contributed by atoms with E-state index in [4.69, 9.17) is 11.1 Å². The van der Waals surface area contributed by atoms with Gasteiger partial charge in [-0.3, -0.25) is 5.41 Å². The molecule has 6 heteroatoms. The minimum absolute atomic E-state index is 0.235. The molecule has 3 N–H and O–H groups in total. The van der Waals surface area contributed by atoms with Gasteiger partial charge in [0.2, 0.25) is 0 Å². The van der Waals surface area contributed by atoms with Gasteiger partial charge in [-0.15, -0.1) is 10.2 Å². The molecule has 0 saturated heterocycles. The smallest absolute Gasteiger partial charge is 0.190 e. The van der Waals surface area contributed by atoms with Crippen LogP contribution in [0.25, 0.3) is 0 Å². The molecule has 0 aliphatic rings. The number of hydrogen-bond donors (Lipinski definition) is 2. The fourth-order valence-corrected chi connectivity index (χ4v) is 2.26. The summed E-state index contributed by atoms with van der Waals surface area (Å²) < 4.78 is 1.96. The molecule has 1 rings (SSSR count). The van der Waals surface area contributed by atoms with Gasteiger partial charge in [0.1, 0.15) is 5.82 Å². The maximum Gasteiger partial charge on any atom is 0.190 e. The van der Waals surface area contributed by atoms with Crippen LogP contribution in [0.2, 0.25) is 0 Å². The predicted molar refractivity (Wildman–Crippen MR) is 66.8 cm³/mol. The number of nitrogens with one attached hydrogen (secondary N) is 1. The fraction of sp³-hybridized carbons (Fsp3) is 0.700. The second-order valence-electron chi connectivity index (χ2n) is 4.48. The molecule has 0 spiro atoms. The molecule has 0 unspecified atom stereocenters. The van der Waals surface area contributed by atoms with Crippen LogP contribution in [0.4, 0.5) is 0 Å². The average molecular weight is 241 g/mol. The van der Waals surface area contributed by atoms with Crippen molar-refractivity contribution in [2.75, 3.05) is 5.75 Å². The number of nitrogens with zero attached hydrogens (tertiary/aromatic N) is 3. The SMILES string of the molecule is Cc1nnc(SCCC(C)(C)C(=N)N)n1C. The maximum absolute atomic E-state index is 7.46. The van der Waals surface area contributed by atoms with Gasteiger partial charge in [-0.2, -0.15) is 0 Å². The topological polar surface area (TPSA) is 80.6 Å². The molecule has 0 aliphatic carbocycles. The second kappa shape index (κ2) is 4.86. The van der Waals surface area contributed by atoms with Gasteiger partial charge in [0, 0.05) is 18.2 Å². The first-order valence-electron chi connectivity index (χ1n) is 5.18.